The molecule has 5 heteroatoms. The monoisotopic (exact) mass is 349 g/mol. The summed E-state index contributed by atoms with van der Waals surface area (Å²) >= 11 is 6.14. The molecule has 24 heavy (non-hydrogen) atoms. The van der Waals surface area contributed by atoms with Crippen LogP contribution in [0.5, 0.6) is 0 Å². The van der Waals surface area contributed by atoms with Crippen LogP contribution in [0, 0.1) is 0 Å². The van der Waals surface area contributed by atoms with E-state index in [1.807, 2.05) is 37.8 Å². The van der Waals surface area contributed by atoms with Gasteiger partial charge in [0, 0.05) is 11.1 Å². The van der Waals surface area contributed by atoms with E-state index in [9.17, 15) is 9.90 Å². The summed E-state index contributed by atoms with van der Waals surface area (Å²) in [7, 11) is 0. The van der Waals surface area contributed by atoms with Gasteiger partial charge in [-0.15, -0.1) is 0 Å². The first kappa shape index (κ1) is 17.3. The summed E-state index contributed by atoms with van der Waals surface area (Å²) in [5.41, 5.74) is 2.53. The van der Waals surface area contributed by atoms with E-state index in [4.69, 9.17) is 16.3 Å². The average Bonchev–Trinajstić information content (AvgIpc) is 2.76. The molecule has 1 aromatic rings. The van der Waals surface area contributed by atoms with Gasteiger partial charge in [-0.1, -0.05) is 23.7 Å². The number of carbonyl (C=O) groups is 1. The zero-order valence-electron chi connectivity index (χ0n) is 14.4. The topological polar surface area (TPSA) is 49.8 Å². The van der Waals surface area contributed by atoms with Crippen LogP contribution in [0.25, 0.3) is 5.57 Å². The van der Waals surface area contributed by atoms with Crippen molar-refractivity contribution in [3.63, 3.8) is 0 Å². The quantitative estimate of drug-likeness (QED) is 0.861. The Morgan fingerprint density at radius 3 is 2.75 bits per heavy atom. The fraction of sp³-hybridized carbons (Fsp3) is 0.526. The maximum Gasteiger partial charge on any atom is 0.411 e. The molecule has 1 amide bonds. The lowest BCUT2D eigenvalue weighted by Gasteiger charge is -2.35. The molecule has 1 saturated heterocycles. The number of carbonyl (C=O) groups excluding carboxylic acids is 1. The van der Waals surface area contributed by atoms with Crippen molar-refractivity contribution in [2.75, 3.05) is 0 Å². The summed E-state index contributed by atoms with van der Waals surface area (Å²) in [6, 6.07) is 5.76. The van der Waals surface area contributed by atoms with Crippen LogP contribution in [0.4, 0.5) is 4.79 Å². The zero-order chi connectivity index (χ0) is 17.5. The van der Waals surface area contributed by atoms with Gasteiger partial charge in [-0.05, 0) is 68.9 Å². The third-order valence-corrected chi connectivity index (χ3v) is 4.82. The highest BCUT2D eigenvalue weighted by Gasteiger charge is 2.41. The summed E-state index contributed by atoms with van der Waals surface area (Å²) in [5.74, 6) is 0. The molecular formula is C19H24ClNO3. The Bertz CT molecular complexity index is 678. The number of hydrogen-bond donors (Lipinski definition) is 1. The normalized spacial score (nSPS) is 23.2. The second kappa shape index (κ2) is 6.41. The minimum atomic E-state index is -0.489. The van der Waals surface area contributed by atoms with E-state index < -0.39 is 5.60 Å². The van der Waals surface area contributed by atoms with Crippen LogP contribution >= 0.6 is 11.6 Å². The third kappa shape index (κ3) is 3.45. The number of ether oxygens (including phenoxy) is 1. The highest BCUT2D eigenvalue weighted by atomic mass is 35.5. The molecule has 0 aromatic heterocycles. The predicted molar refractivity (Wildman–Crippen MR) is 94.9 cm³/mol. The Hall–Kier alpha value is -1.52. The SMILES string of the molecule is CC(C)(C)OC(=O)N1[C@@H]2CC[C@@H]1C=C(c1cc(Cl)ccc1CO)C2. The molecule has 2 heterocycles. The second-order valence-electron chi connectivity index (χ2n) is 7.54. The minimum absolute atomic E-state index is 0.0189. The molecule has 2 atom stereocenters. The van der Waals surface area contributed by atoms with Crippen molar-refractivity contribution < 1.29 is 14.6 Å². The summed E-state index contributed by atoms with van der Waals surface area (Å²) in [5, 5.41) is 10.3. The Morgan fingerprint density at radius 1 is 1.38 bits per heavy atom. The van der Waals surface area contributed by atoms with Crippen LogP contribution in [0.1, 0.15) is 51.2 Å². The van der Waals surface area contributed by atoms with Gasteiger partial charge in [-0.3, -0.25) is 4.90 Å². The average molecular weight is 350 g/mol. The highest BCUT2D eigenvalue weighted by molar-refractivity contribution is 6.30. The first-order chi connectivity index (χ1) is 11.3. The number of halogens is 1. The van der Waals surface area contributed by atoms with Crippen molar-refractivity contribution >= 4 is 23.3 Å². The largest absolute Gasteiger partial charge is 0.444 e. The molecule has 4 nitrogen and oxygen atoms in total. The maximum atomic E-state index is 12.5. The molecule has 0 saturated carbocycles. The van der Waals surface area contributed by atoms with Crippen molar-refractivity contribution in [2.45, 2.75) is 64.3 Å². The van der Waals surface area contributed by atoms with Gasteiger partial charge >= 0.3 is 6.09 Å². The molecule has 2 bridgehead atoms. The van der Waals surface area contributed by atoms with Crippen LogP contribution in [0.15, 0.2) is 24.3 Å². The smallest absolute Gasteiger partial charge is 0.411 e. The Kier molecular flexibility index (Phi) is 4.63. The van der Waals surface area contributed by atoms with E-state index in [0.29, 0.717) is 5.02 Å². The number of aliphatic hydroxyl groups is 1. The van der Waals surface area contributed by atoms with Crippen molar-refractivity contribution in [3.8, 4) is 0 Å². The number of aliphatic hydroxyl groups excluding tert-OH is 1. The molecule has 2 aliphatic rings. The van der Waals surface area contributed by atoms with E-state index in [1.165, 1.54) is 0 Å². The van der Waals surface area contributed by atoms with Gasteiger partial charge in [-0.25, -0.2) is 4.79 Å². The molecule has 1 fully saturated rings. The van der Waals surface area contributed by atoms with Crippen molar-refractivity contribution in [1.29, 1.82) is 0 Å². The Labute approximate surface area is 148 Å². The van der Waals surface area contributed by atoms with Gasteiger partial charge in [0.05, 0.1) is 12.6 Å². The van der Waals surface area contributed by atoms with Gasteiger partial charge < -0.3 is 9.84 Å². The van der Waals surface area contributed by atoms with E-state index in [-0.39, 0.29) is 24.8 Å². The summed E-state index contributed by atoms with van der Waals surface area (Å²) in [6.07, 6.45) is 4.58. The number of benzene rings is 1. The molecule has 0 unspecified atom stereocenters. The Morgan fingerprint density at radius 2 is 2.12 bits per heavy atom. The van der Waals surface area contributed by atoms with E-state index in [0.717, 1.165) is 36.0 Å². The minimum Gasteiger partial charge on any atom is -0.444 e. The molecule has 2 aliphatic heterocycles. The third-order valence-electron chi connectivity index (χ3n) is 4.59. The van der Waals surface area contributed by atoms with Gasteiger partial charge in [0.15, 0.2) is 0 Å². The lowest BCUT2D eigenvalue weighted by atomic mass is 9.92. The highest BCUT2D eigenvalue weighted by Crippen LogP contribution is 2.40. The fourth-order valence-corrected chi connectivity index (χ4v) is 3.79. The molecule has 0 radical (unpaired) electrons. The van der Waals surface area contributed by atoms with Crippen molar-refractivity contribution in [2.24, 2.45) is 0 Å². The molecule has 3 rings (SSSR count). The summed E-state index contributed by atoms with van der Waals surface area (Å²) in [6.45, 7) is 5.64. The molecular weight excluding hydrogens is 326 g/mol. The number of amides is 1. The molecule has 0 spiro atoms. The van der Waals surface area contributed by atoms with Crippen LogP contribution in [0.3, 0.4) is 0 Å². The lowest BCUT2D eigenvalue weighted by Crippen LogP contribution is -2.45. The number of fused-ring (bicyclic) bond motifs is 2. The Balaban J connectivity index is 1.88. The van der Waals surface area contributed by atoms with Crippen LogP contribution in [0.2, 0.25) is 5.02 Å². The van der Waals surface area contributed by atoms with E-state index >= 15 is 0 Å². The lowest BCUT2D eigenvalue weighted by molar-refractivity contribution is 0.0175. The number of hydrogen-bond acceptors (Lipinski definition) is 3. The predicted octanol–water partition coefficient (Wildman–Crippen LogP) is 4.39. The van der Waals surface area contributed by atoms with Gasteiger partial charge in [0.1, 0.15) is 5.60 Å². The van der Waals surface area contributed by atoms with Gasteiger partial charge in [0.2, 0.25) is 0 Å². The van der Waals surface area contributed by atoms with Crippen LogP contribution in [-0.2, 0) is 11.3 Å². The maximum absolute atomic E-state index is 12.5. The number of rotatable bonds is 2. The molecule has 0 aliphatic carbocycles. The van der Waals surface area contributed by atoms with Crippen molar-refractivity contribution in [1.82, 2.24) is 4.90 Å². The zero-order valence-corrected chi connectivity index (χ0v) is 15.1. The van der Waals surface area contributed by atoms with Gasteiger partial charge in [0.25, 0.3) is 0 Å². The van der Waals surface area contributed by atoms with Gasteiger partial charge in [-0.2, -0.15) is 0 Å². The molecule has 1 aromatic carbocycles. The van der Waals surface area contributed by atoms with Crippen molar-refractivity contribution in [3.05, 3.63) is 40.4 Å². The van der Waals surface area contributed by atoms with Crippen LogP contribution in [-0.4, -0.2) is 33.8 Å². The van der Waals surface area contributed by atoms with Crippen LogP contribution < -0.4 is 0 Å². The summed E-state index contributed by atoms with van der Waals surface area (Å²) in [4.78, 5) is 14.4. The van der Waals surface area contributed by atoms with E-state index in [1.54, 1.807) is 6.07 Å². The fourth-order valence-electron chi connectivity index (χ4n) is 3.61. The number of nitrogens with zero attached hydrogens (tertiary/aromatic N) is 1. The molecule has 130 valence electrons. The molecule has 1 N–H and O–H groups in total. The van der Waals surface area contributed by atoms with E-state index in [2.05, 4.69) is 6.08 Å². The first-order valence-corrected chi connectivity index (χ1v) is 8.78. The standard InChI is InChI=1S/C19H24ClNO3/c1-19(2,3)24-18(23)21-15-6-7-16(21)9-13(8-15)17-10-14(20)5-4-12(17)11-22/h4-5,8,10,15-16,22H,6-7,9,11H2,1-3H3/t15-,16-/m1/s1. The summed E-state index contributed by atoms with van der Waals surface area (Å²) < 4.78 is 5.56. The second-order valence-corrected chi connectivity index (χ2v) is 7.98. The first-order valence-electron chi connectivity index (χ1n) is 8.40.